The van der Waals surface area contributed by atoms with Crippen LogP contribution >= 0.6 is 0 Å². The lowest BCUT2D eigenvalue weighted by molar-refractivity contribution is 0.0600. The van der Waals surface area contributed by atoms with E-state index in [0.717, 1.165) is 18.4 Å². The Morgan fingerprint density at radius 2 is 1.94 bits per heavy atom. The highest BCUT2D eigenvalue weighted by molar-refractivity contribution is 6.10. The molecule has 3 N–H and O–H groups in total. The maximum Gasteiger partial charge on any atom is 0.337 e. The van der Waals surface area contributed by atoms with E-state index in [1.54, 1.807) is 30.5 Å². The van der Waals surface area contributed by atoms with Gasteiger partial charge in [0.25, 0.3) is 5.91 Å². The van der Waals surface area contributed by atoms with Crippen LogP contribution in [0.15, 0.2) is 53.6 Å². The predicted octanol–water partition coefficient (Wildman–Crippen LogP) is 2.74. The molecule has 0 saturated carbocycles. The fourth-order valence-electron chi connectivity index (χ4n) is 4.04. The van der Waals surface area contributed by atoms with Crippen molar-refractivity contribution in [2.24, 2.45) is 5.10 Å². The van der Waals surface area contributed by atoms with Crippen LogP contribution in [-0.4, -0.2) is 59.1 Å². The van der Waals surface area contributed by atoms with Crippen molar-refractivity contribution < 1.29 is 19.1 Å². The Balaban J connectivity index is 1.53. The average molecular weight is 473 g/mol. The van der Waals surface area contributed by atoms with E-state index in [1.165, 1.54) is 11.8 Å². The van der Waals surface area contributed by atoms with Gasteiger partial charge in [-0.25, -0.2) is 14.8 Å². The third kappa shape index (κ3) is 4.43. The molecule has 2 aromatic heterocycles. The number of amides is 1. The first kappa shape index (κ1) is 22.5. The molecule has 0 unspecified atom stereocenters. The monoisotopic (exact) mass is 472 g/mol. The van der Waals surface area contributed by atoms with Crippen molar-refractivity contribution in [1.82, 2.24) is 20.0 Å². The van der Waals surface area contributed by atoms with Gasteiger partial charge in [0.2, 0.25) is 0 Å². The molecule has 2 aromatic carbocycles. The highest BCUT2D eigenvalue weighted by atomic mass is 16.5. The van der Waals surface area contributed by atoms with Gasteiger partial charge in [-0.15, -0.1) is 0 Å². The number of nitrogens with two attached hydrogens (primary N) is 1. The van der Waals surface area contributed by atoms with Gasteiger partial charge >= 0.3 is 5.97 Å². The average Bonchev–Trinajstić information content (AvgIpc) is 3.50. The van der Waals surface area contributed by atoms with Crippen LogP contribution in [0.5, 0.6) is 0 Å². The number of anilines is 1. The van der Waals surface area contributed by atoms with Gasteiger partial charge in [-0.05, 0) is 42.7 Å². The van der Waals surface area contributed by atoms with E-state index in [2.05, 4.69) is 20.4 Å². The molecule has 1 atom stereocenters. The summed E-state index contributed by atoms with van der Waals surface area (Å²) in [5, 5.41) is 7.40. The summed E-state index contributed by atoms with van der Waals surface area (Å²) in [5.41, 5.74) is 9.82. The van der Waals surface area contributed by atoms with Crippen LogP contribution in [-0.2, 0) is 9.47 Å². The number of rotatable bonds is 6. The summed E-state index contributed by atoms with van der Waals surface area (Å²) in [6.45, 7) is 1.09. The first-order valence-electron chi connectivity index (χ1n) is 11.2. The normalized spacial score (nSPS) is 15.7. The highest BCUT2D eigenvalue weighted by Crippen LogP contribution is 2.28. The topological polar surface area (TPSA) is 134 Å². The zero-order valence-electron chi connectivity index (χ0n) is 19.1. The number of para-hydroxylation sites is 2. The molecule has 10 heteroatoms. The summed E-state index contributed by atoms with van der Waals surface area (Å²) in [6.07, 6.45) is 3.45. The number of hydrogen-bond acceptors (Lipinski definition) is 8. The zero-order chi connectivity index (χ0) is 24.4. The summed E-state index contributed by atoms with van der Waals surface area (Å²) >= 11 is 0. The van der Waals surface area contributed by atoms with E-state index >= 15 is 0 Å². The van der Waals surface area contributed by atoms with Gasteiger partial charge in [-0.1, -0.05) is 24.3 Å². The van der Waals surface area contributed by atoms with Gasteiger partial charge in [0.15, 0.2) is 5.65 Å². The Labute approximate surface area is 200 Å². The minimum Gasteiger partial charge on any atom is -0.465 e. The van der Waals surface area contributed by atoms with Gasteiger partial charge in [0.05, 0.1) is 36.0 Å². The van der Waals surface area contributed by atoms with E-state index in [0.29, 0.717) is 40.9 Å². The van der Waals surface area contributed by atoms with E-state index in [1.807, 2.05) is 24.3 Å². The molecule has 0 radical (unpaired) electrons. The third-order valence-electron chi connectivity index (χ3n) is 5.87. The van der Waals surface area contributed by atoms with E-state index < -0.39 is 5.97 Å². The molecule has 1 fully saturated rings. The molecule has 1 aliphatic heterocycles. The van der Waals surface area contributed by atoms with Gasteiger partial charge in [0.1, 0.15) is 16.9 Å². The third-order valence-corrected chi connectivity index (χ3v) is 5.87. The number of nitrogen functional groups attached to an aromatic ring is 1. The lowest BCUT2D eigenvalue weighted by atomic mass is 10.1. The summed E-state index contributed by atoms with van der Waals surface area (Å²) in [4.78, 5) is 34.2. The van der Waals surface area contributed by atoms with E-state index in [4.69, 9.17) is 15.2 Å². The Morgan fingerprint density at radius 1 is 1.20 bits per heavy atom. The van der Waals surface area contributed by atoms with Gasteiger partial charge in [0, 0.05) is 13.2 Å². The number of carbonyl (C=O) groups excluding carboxylic acids is 2. The molecular formula is C25H24N6O4. The highest BCUT2D eigenvalue weighted by Gasteiger charge is 2.25. The molecule has 1 aliphatic rings. The summed E-state index contributed by atoms with van der Waals surface area (Å²) in [5.74, 6) is -0.651. The van der Waals surface area contributed by atoms with Crippen molar-refractivity contribution in [3.05, 3.63) is 65.2 Å². The quantitative estimate of drug-likeness (QED) is 0.325. The molecule has 1 saturated heterocycles. The molecule has 3 heterocycles. The number of carbonyl (C=O) groups is 2. The van der Waals surface area contributed by atoms with Crippen LogP contribution in [0.4, 0.5) is 5.82 Å². The number of nitrogens with zero attached hydrogens (tertiary/aromatic N) is 4. The van der Waals surface area contributed by atoms with Crippen molar-refractivity contribution >= 4 is 46.1 Å². The fourth-order valence-corrected chi connectivity index (χ4v) is 4.04. The van der Waals surface area contributed by atoms with Gasteiger partial charge in [-0.3, -0.25) is 4.79 Å². The van der Waals surface area contributed by atoms with Crippen molar-refractivity contribution in [1.29, 1.82) is 0 Å². The Morgan fingerprint density at radius 3 is 2.63 bits per heavy atom. The Kier molecular flexibility index (Phi) is 6.11. The standard InChI is InChI=1S/C25H24N6O4/c1-34-25(33)16-10-8-15(9-11-16)13-28-31-22(26)20(24(32)27-14-17-5-4-12-35-17)21-23(31)30-19-7-3-2-6-18(19)29-21/h2-3,6-11,13,17H,4-5,12,14,26H2,1H3,(H,27,32)/b28-13-/t17-/m1/s1. The minimum atomic E-state index is -0.421. The predicted molar refractivity (Wildman–Crippen MR) is 132 cm³/mol. The maximum absolute atomic E-state index is 13.2. The van der Waals surface area contributed by atoms with Crippen LogP contribution < -0.4 is 11.1 Å². The second-order valence-electron chi connectivity index (χ2n) is 8.16. The van der Waals surface area contributed by atoms with Crippen LogP contribution in [0.3, 0.4) is 0 Å². The molecule has 178 valence electrons. The molecule has 0 spiro atoms. The lowest BCUT2D eigenvalue weighted by Crippen LogP contribution is -2.32. The summed E-state index contributed by atoms with van der Waals surface area (Å²) in [6, 6.07) is 14.1. The number of aromatic nitrogens is 3. The summed E-state index contributed by atoms with van der Waals surface area (Å²) < 4.78 is 11.7. The zero-order valence-corrected chi connectivity index (χ0v) is 19.1. The van der Waals surface area contributed by atoms with Crippen molar-refractivity contribution in [2.45, 2.75) is 18.9 Å². The number of benzene rings is 2. The van der Waals surface area contributed by atoms with Crippen LogP contribution in [0.25, 0.3) is 22.2 Å². The number of ether oxygens (including phenoxy) is 2. The largest absolute Gasteiger partial charge is 0.465 e. The molecule has 10 nitrogen and oxygen atoms in total. The molecule has 4 aromatic rings. The van der Waals surface area contributed by atoms with Gasteiger partial charge < -0.3 is 20.5 Å². The number of hydrogen-bond donors (Lipinski definition) is 2. The number of methoxy groups -OCH3 is 1. The Hall–Kier alpha value is -4.31. The smallest absolute Gasteiger partial charge is 0.337 e. The lowest BCUT2D eigenvalue weighted by Gasteiger charge is -2.10. The molecule has 0 bridgehead atoms. The molecule has 5 rings (SSSR count). The van der Waals surface area contributed by atoms with Crippen LogP contribution in [0.2, 0.25) is 0 Å². The maximum atomic E-state index is 13.2. The number of fused-ring (bicyclic) bond motifs is 2. The first-order chi connectivity index (χ1) is 17.0. The van der Waals surface area contributed by atoms with Gasteiger partial charge in [-0.2, -0.15) is 9.78 Å². The SMILES string of the molecule is COC(=O)c1ccc(/C=N\n2c(N)c(C(=O)NC[C@H]3CCCO3)c3nc4ccccc4nc32)cc1. The van der Waals surface area contributed by atoms with Crippen molar-refractivity contribution in [3.8, 4) is 0 Å². The Bertz CT molecular complexity index is 1440. The number of nitrogens with one attached hydrogen (secondary N) is 1. The second kappa shape index (κ2) is 9.51. The van der Waals surface area contributed by atoms with Crippen molar-refractivity contribution in [3.63, 3.8) is 0 Å². The summed E-state index contributed by atoms with van der Waals surface area (Å²) in [7, 11) is 1.33. The first-order valence-corrected chi connectivity index (χ1v) is 11.2. The molecule has 0 aliphatic carbocycles. The molecule has 1 amide bonds. The van der Waals surface area contributed by atoms with Crippen LogP contribution in [0, 0.1) is 0 Å². The van der Waals surface area contributed by atoms with Crippen LogP contribution in [0.1, 0.15) is 39.1 Å². The molecule has 35 heavy (non-hydrogen) atoms. The van der Waals surface area contributed by atoms with Crippen molar-refractivity contribution in [2.75, 3.05) is 26.0 Å². The second-order valence-corrected chi connectivity index (χ2v) is 8.16. The van der Waals surface area contributed by atoms with E-state index in [-0.39, 0.29) is 23.4 Å². The minimum absolute atomic E-state index is 0.00794. The van der Waals surface area contributed by atoms with E-state index in [9.17, 15) is 9.59 Å². The fraction of sp³-hybridized carbons (Fsp3) is 0.240. The molecular weight excluding hydrogens is 448 g/mol. The number of esters is 1.